The van der Waals surface area contributed by atoms with Crippen LogP contribution in [0.25, 0.3) is 0 Å². The largest absolute Gasteiger partial charge is 0.394 e. The molecule has 0 saturated carbocycles. The third-order valence-corrected chi connectivity index (χ3v) is 5.13. The van der Waals surface area contributed by atoms with Gasteiger partial charge in [0.25, 0.3) is 0 Å². The topological polar surface area (TPSA) is 113 Å². The molecule has 3 heterocycles. The average molecular weight is 418 g/mol. The predicted molar refractivity (Wildman–Crippen MR) is 110 cm³/mol. The number of nitrogens with zero attached hydrogens (tertiary/aromatic N) is 2. The molecule has 0 aliphatic carbocycles. The van der Waals surface area contributed by atoms with Gasteiger partial charge in [-0.3, -0.25) is 19.5 Å². The molecule has 1 aromatic rings. The van der Waals surface area contributed by atoms with Gasteiger partial charge in [-0.15, -0.1) is 0 Å². The van der Waals surface area contributed by atoms with Crippen LogP contribution in [0.3, 0.4) is 0 Å². The van der Waals surface area contributed by atoms with E-state index in [1.807, 2.05) is 17.0 Å². The summed E-state index contributed by atoms with van der Waals surface area (Å²) in [5.74, 6) is -0.244. The lowest BCUT2D eigenvalue weighted by Crippen LogP contribution is -2.52. The molecular weight excluding hydrogens is 388 g/mol. The number of aliphatic hydroxyl groups excluding tert-OH is 1. The number of rotatable bonds is 9. The quantitative estimate of drug-likeness (QED) is 0.453. The van der Waals surface area contributed by atoms with Gasteiger partial charge < -0.3 is 25.2 Å². The number of morpholine rings is 1. The van der Waals surface area contributed by atoms with E-state index in [9.17, 15) is 14.7 Å². The Morgan fingerprint density at radius 2 is 1.93 bits per heavy atom. The van der Waals surface area contributed by atoms with Gasteiger partial charge in [-0.05, 0) is 24.1 Å². The van der Waals surface area contributed by atoms with Gasteiger partial charge in [-0.1, -0.05) is 12.2 Å². The van der Waals surface area contributed by atoms with E-state index in [0.717, 1.165) is 25.1 Å². The molecule has 9 nitrogen and oxygen atoms in total. The Morgan fingerprint density at radius 1 is 1.17 bits per heavy atom. The molecule has 2 aliphatic rings. The Morgan fingerprint density at radius 3 is 2.67 bits per heavy atom. The van der Waals surface area contributed by atoms with Gasteiger partial charge in [0.1, 0.15) is 6.10 Å². The SMILES string of the molecule is O=C(C[C@@H]1C=C[C@H](NC(=O)CN2CCOCC2)[C@H](CO)O1)NCCc1ccncc1. The number of carbonyl (C=O) groups is 2. The summed E-state index contributed by atoms with van der Waals surface area (Å²) in [5.41, 5.74) is 1.11. The Bertz CT molecular complexity index is 709. The number of carbonyl (C=O) groups excluding carboxylic acids is 2. The number of amides is 2. The molecule has 1 fully saturated rings. The molecule has 2 aliphatic heterocycles. The van der Waals surface area contributed by atoms with Crippen molar-refractivity contribution >= 4 is 11.8 Å². The van der Waals surface area contributed by atoms with Crippen molar-refractivity contribution in [2.75, 3.05) is 46.0 Å². The van der Waals surface area contributed by atoms with E-state index in [1.54, 1.807) is 24.5 Å². The third-order valence-electron chi connectivity index (χ3n) is 5.13. The van der Waals surface area contributed by atoms with Gasteiger partial charge in [0.05, 0.1) is 44.9 Å². The summed E-state index contributed by atoms with van der Waals surface area (Å²) in [6.45, 7) is 3.29. The molecule has 3 atom stereocenters. The summed E-state index contributed by atoms with van der Waals surface area (Å²) in [7, 11) is 0. The van der Waals surface area contributed by atoms with Crippen molar-refractivity contribution in [2.45, 2.75) is 31.1 Å². The van der Waals surface area contributed by atoms with Crippen LogP contribution in [0.5, 0.6) is 0 Å². The van der Waals surface area contributed by atoms with Crippen LogP contribution in [-0.2, 0) is 25.5 Å². The zero-order valence-electron chi connectivity index (χ0n) is 17.0. The summed E-state index contributed by atoms with van der Waals surface area (Å²) >= 11 is 0. The number of pyridine rings is 1. The highest BCUT2D eigenvalue weighted by Gasteiger charge is 2.29. The number of aliphatic hydroxyl groups is 1. The molecule has 3 rings (SSSR count). The van der Waals surface area contributed by atoms with E-state index in [0.29, 0.717) is 19.8 Å². The minimum absolute atomic E-state index is 0.120. The summed E-state index contributed by atoms with van der Waals surface area (Å²) < 4.78 is 11.1. The second kappa shape index (κ2) is 11.8. The maximum atomic E-state index is 12.3. The number of hydrogen-bond acceptors (Lipinski definition) is 7. The number of hydrogen-bond donors (Lipinski definition) is 3. The first kappa shape index (κ1) is 22.4. The van der Waals surface area contributed by atoms with Crippen molar-refractivity contribution in [3.63, 3.8) is 0 Å². The highest BCUT2D eigenvalue weighted by atomic mass is 16.5. The first-order valence-electron chi connectivity index (χ1n) is 10.3. The molecule has 2 amide bonds. The van der Waals surface area contributed by atoms with E-state index >= 15 is 0 Å². The van der Waals surface area contributed by atoms with E-state index in [-0.39, 0.29) is 31.4 Å². The molecule has 0 unspecified atom stereocenters. The van der Waals surface area contributed by atoms with Crippen LogP contribution < -0.4 is 10.6 Å². The van der Waals surface area contributed by atoms with Crippen LogP contribution in [0.15, 0.2) is 36.7 Å². The van der Waals surface area contributed by atoms with Crippen LogP contribution in [0.2, 0.25) is 0 Å². The molecule has 1 saturated heterocycles. The highest BCUT2D eigenvalue weighted by Crippen LogP contribution is 2.16. The minimum Gasteiger partial charge on any atom is -0.394 e. The van der Waals surface area contributed by atoms with Gasteiger partial charge in [-0.25, -0.2) is 0 Å². The molecule has 0 radical (unpaired) electrons. The first-order valence-corrected chi connectivity index (χ1v) is 10.3. The van der Waals surface area contributed by atoms with Crippen LogP contribution in [-0.4, -0.2) is 91.1 Å². The fourth-order valence-corrected chi connectivity index (χ4v) is 3.48. The van der Waals surface area contributed by atoms with E-state index in [2.05, 4.69) is 15.6 Å². The van der Waals surface area contributed by atoms with Gasteiger partial charge >= 0.3 is 0 Å². The number of aromatic nitrogens is 1. The molecular formula is C21H30N4O5. The Balaban J connectivity index is 1.41. The molecule has 0 bridgehead atoms. The van der Waals surface area contributed by atoms with Crippen molar-refractivity contribution in [3.05, 3.63) is 42.2 Å². The third kappa shape index (κ3) is 7.17. The Kier molecular flexibility index (Phi) is 8.76. The summed E-state index contributed by atoms with van der Waals surface area (Å²) in [4.78, 5) is 30.5. The second-order valence-electron chi connectivity index (χ2n) is 7.42. The molecule has 3 N–H and O–H groups in total. The Hall–Kier alpha value is -2.33. The van der Waals surface area contributed by atoms with Crippen molar-refractivity contribution in [1.29, 1.82) is 0 Å². The van der Waals surface area contributed by atoms with Gasteiger partial charge in [0.2, 0.25) is 11.8 Å². The fourth-order valence-electron chi connectivity index (χ4n) is 3.48. The molecule has 9 heteroatoms. The lowest BCUT2D eigenvalue weighted by atomic mass is 10.0. The molecule has 0 spiro atoms. The van der Waals surface area contributed by atoms with E-state index in [4.69, 9.17) is 9.47 Å². The fraction of sp³-hybridized carbons (Fsp3) is 0.571. The van der Waals surface area contributed by atoms with E-state index in [1.165, 1.54) is 0 Å². The lowest BCUT2D eigenvalue weighted by Gasteiger charge is -2.32. The second-order valence-corrected chi connectivity index (χ2v) is 7.42. The lowest BCUT2D eigenvalue weighted by molar-refractivity contribution is -0.129. The summed E-state index contributed by atoms with van der Waals surface area (Å²) in [6, 6.07) is 3.41. The zero-order valence-corrected chi connectivity index (χ0v) is 17.0. The normalized spacial score (nSPS) is 24.4. The number of nitrogens with one attached hydrogen (secondary N) is 2. The molecule has 30 heavy (non-hydrogen) atoms. The molecule has 0 aromatic carbocycles. The number of ether oxygens (including phenoxy) is 2. The predicted octanol–water partition coefficient (Wildman–Crippen LogP) is -0.737. The van der Waals surface area contributed by atoms with Crippen LogP contribution >= 0.6 is 0 Å². The highest BCUT2D eigenvalue weighted by molar-refractivity contribution is 5.79. The van der Waals surface area contributed by atoms with Gasteiger partial charge in [-0.2, -0.15) is 0 Å². The van der Waals surface area contributed by atoms with Crippen molar-refractivity contribution in [1.82, 2.24) is 20.5 Å². The zero-order chi connectivity index (χ0) is 21.2. The van der Waals surface area contributed by atoms with Crippen molar-refractivity contribution in [2.24, 2.45) is 0 Å². The van der Waals surface area contributed by atoms with Gasteiger partial charge in [0, 0.05) is 32.0 Å². The van der Waals surface area contributed by atoms with Crippen LogP contribution in [0.1, 0.15) is 12.0 Å². The molecule has 164 valence electrons. The summed E-state index contributed by atoms with van der Waals surface area (Å²) in [6.07, 6.45) is 6.90. The van der Waals surface area contributed by atoms with Crippen molar-refractivity contribution < 1.29 is 24.2 Å². The average Bonchev–Trinajstić information content (AvgIpc) is 2.76. The summed E-state index contributed by atoms with van der Waals surface area (Å²) in [5, 5.41) is 15.4. The van der Waals surface area contributed by atoms with Gasteiger partial charge in [0.15, 0.2) is 0 Å². The molecule has 1 aromatic heterocycles. The van der Waals surface area contributed by atoms with Crippen LogP contribution in [0, 0.1) is 0 Å². The smallest absolute Gasteiger partial charge is 0.234 e. The standard InChI is InChI=1S/C21H30N4O5/c26-15-19-18(24-21(28)14-25-9-11-29-12-10-25)2-1-17(30-19)13-20(27)23-8-5-16-3-6-22-7-4-16/h1-4,6-7,17-19,26H,5,8-15H2,(H,23,27)(H,24,28)/t17-,18-,19-/m0/s1. The monoisotopic (exact) mass is 418 g/mol. The maximum Gasteiger partial charge on any atom is 0.234 e. The minimum atomic E-state index is -0.585. The van der Waals surface area contributed by atoms with E-state index < -0.39 is 18.2 Å². The van der Waals surface area contributed by atoms with Crippen molar-refractivity contribution in [3.8, 4) is 0 Å². The van der Waals surface area contributed by atoms with Crippen LogP contribution in [0.4, 0.5) is 0 Å². The maximum absolute atomic E-state index is 12.3. The first-order chi connectivity index (χ1) is 14.6. The Labute approximate surface area is 176 Å².